The number of amides is 2. The first kappa shape index (κ1) is 21.9. The number of ether oxygens (including phenoxy) is 1. The molecule has 2 aromatic rings. The molecule has 0 saturated carbocycles. The van der Waals surface area contributed by atoms with Crippen LogP contribution in [0.15, 0.2) is 29.1 Å². The van der Waals surface area contributed by atoms with Crippen molar-refractivity contribution >= 4 is 27.9 Å². The first-order chi connectivity index (χ1) is 13.3. The molecule has 2 rings (SSSR count). The summed E-state index contributed by atoms with van der Waals surface area (Å²) >= 11 is 3.32. The van der Waals surface area contributed by atoms with Crippen LogP contribution in [0, 0.1) is 5.92 Å². The minimum absolute atomic E-state index is 0.0769. The predicted octanol–water partition coefficient (Wildman–Crippen LogP) is 3.35. The maximum Gasteiger partial charge on any atom is 0.407 e. The van der Waals surface area contributed by atoms with Crippen LogP contribution in [0.5, 0.6) is 0 Å². The highest BCUT2D eigenvalue weighted by Gasteiger charge is 2.29. The van der Waals surface area contributed by atoms with Crippen LogP contribution in [0.25, 0.3) is 11.3 Å². The Morgan fingerprint density at radius 2 is 2.04 bits per heavy atom. The summed E-state index contributed by atoms with van der Waals surface area (Å²) in [6.45, 7) is 6.64. The van der Waals surface area contributed by atoms with Gasteiger partial charge in [-0.3, -0.25) is 4.79 Å². The number of alkyl carbamates (subject to hydrolysis) is 1. The highest BCUT2D eigenvalue weighted by atomic mass is 79.9. The summed E-state index contributed by atoms with van der Waals surface area (Å²) in [5, 5.41) is 2.63. The second kappa shape index (κ2) is 10.2. The SMILES string of the molecule is CCCN(Cc1ncc(-c2ccc(Br)nc2)[nH]1)C(=O)C(NC(=O)OC)C(C)C. The number of halogens is 1. The minimum Gasteiger partial charge on any atom is -0.453 e. The number of aromatic amines is 1. The predicted molar refractivity (Wildman–Crippen MR) is 109 cm³/mol. The molecule has 0 spiro atoms. The van der Waals surface area contributed by atoms with E-state index >= 15 is 0 Å². The fraction of sp³-hybridized carbons (Fsp3) is 0.474. The lowest BCUT2D eigenvalue weighted by atomic mass is 10.0. The van der Waals surface area contributed by atoms with Gasteiger partial charge in [0, 0.05) is 18.3 Å². The third-order valence-electron chi connectivity index (χ3n) is 4.20. The fourth-order valence-corrected chi connectivity index (χ4v) is 2.97. The maximum absolute atomic E-state index is 13.0. The summed E-state index contributed by atoms with van der Waals surface area (Å²) in [6, 6.07) is 3.12. The molecule has 2 aromatic heterocycles. The van der Waals surface area contributed by atoms with Gasteiger partial charge in [0.15, 0.2) is 0 Å². The molecule has 0 aliphatic carbocycles. The highest BCUT2D eigenvalue weighted by molar-refractivity contribution is 9.10. The number of aromatic nitrogens is 3. The molecule has 2 N–H and O–H groups in total. The van der Waals surface area contributed by atoms with E-state index in [1.807, 2.05) is 32.9 Å². The number of nitrogens with zero attached hydrogens (tertiary/aromatic N) is 3. The smallest absolute Gasteiger partial charge is 0.407 e. The normalized spacial score (nSPS) is 11.9. The van der Waals surface area contributed by atoms with Gasteiger partial charge in [-0.15, -0.1) is 0 Å². The average Bonchev–Trinajstić information content (AvgIpc) is 3.14. The van der Waals surface area contributed by atoms with Crippen molar-refractivity contribution in [2.45, 2.75) is 39.8 Å². The number of pyridine rings is 1. The zero-order chi connectivity index (χ0) is 20.7. The largest absolute Gasteiger partial charge is 0.453 e. The van der Waals surface area contributed by atoms with Crippen LogP contribution in [0.1, 0.15) is 33.0 Å². The number of hydrogen-bond acceptors (Lipinski definition) is 5. The van der Waals surface area contributed by atoms with Crippen LogP contribution >= 0.6 is 15.9 Å². The van der Waals surface area contributed by atoms with E-state index in [4.69, 9.17) is 0 Å². The highest BCUT2D eigenvalue weighted by Crippen LogP contribution is 2.19. The zero-order valence-corrected chi connectivity index (χ0v) is 18.1. The molecule has 0 saturated heterocycles. The molecule has 152 valence electrons. The number of methoxy groups -OCH3 is 1. The number of H-pyrrole nitrogens is 1. The van der Waals surface area contributed by atoms with Crippen molar-refractivity contribution in [1.82, 2.24) is 25.2 Å². The number of nitrogens with one attached hydrogen (secondary N) is 2. The summed E-state index contributed by atoms with van der Waals surface area (Å²) in [7, 11) is 1.28. The van der Waals surface area contributed by atoms with Gasteiger partial charge in [0.05, 0.1) is 25.5 Å². The zero-order valence-electron chi connectivity index (χ0n) is 16.5. The van der Waals surface area contributed by atoms with Crippen LogP contribution in [0.2, 0.25) is 0 Å². The molecule has 0 aliphatic heterocycles. The van der Waals surface area contributed by atoms with Gasteiger partial charge in [-0.2, -0.15) is 0 Å². The molecular weight excluding hydrogens is 426 g/mol. The molecular formula is C19H26BrN5O3. The lowest BCUT2D eigenvalue weighted by molar-refractivity contribution is -0.135. The Kier molecular flexibility index (Phi) is 7.98. The van der Waals surface area contributed by atoms with Crippen molar-refractivity contribution in [3.05, 3.63) is 35.0 Å². The molecule has 2 heterocycles. The third-order valence-corrected chi connectivity index (χ3v) is 4.67. The van der Waals surface area contributed by atoms with Gasteiger partial charge in [-0.1, -0.05) is 20.8 Å². The van der Waals surface area contributed by atoms with E-state index < -0.39 is 12.1 Å². The van der Waals surface area contributed by atoms with Crippen molar-refractivity contribution in [2.24, 2.45) is 5.92 Å². The lowest BCUT2D eigenvalue weighted by Gasteiger charge is -2.28. The van der Waals surface area contributed by atoms with E-state index in [1.54, 1.807) is 17.3 Å². The molecule has 2 amide bonds. The molecule has 8 nitrogen and oxygen atoms in total. The molecule has 28 heavy (non-hydrogen) atoms. The fourth-order valence-electron chi connectivity index (χ4n) is 2.74. The Balaban J connectivity index is 2.16. The first-order valence-electron chi connectivity index (χ1n) is 9.14. The molecule has 9 heteroatoms. The maximum atomic E-state index is 13.0. The van der Waals surface area contributed by atoms with Gasteiger partial charge in [0.25, 0.3) is 0 Å². The van der Waals surface area contributed by atoms with E-state index in [2.05, 4.69) is 40.9 Å². The summed E-state index contributed by atoms with van der Waals surface area (Å²) in [5.41, 5.74) is 1.73. The molecule has 1 unspecified atom stereocenters. The van der Waals surface area contributed by atoms with Crippen molar-refractivity contribution in [2.75, 3.05) is 13.7 Å². The second-order valence-electron chi connectivity index (χ2n) is 6.73. The van der Waals surface area contributed by atoms with Crippen molar-refractivity contribution < 1.29 is 14.3 Å². The second-order valence-corrected chi connectivity index (χ2v) is 7.54. The first-order valence-corrected chi connectivity index (χ1v) is 9.94. The summed E-state index contributed by atoms with van der Waals surface area (Å²) in [6.07, 6.45) is 3.64. The van der Waals surface area contributed by atoms with Crippen LogP contribution in [-0.4, -0.2) is 51.5 Å². The van der Waals surface area contributed by atoms with E-state index in [-0.39, 0.29) is 11.8 Å². The van der Waals surface area contributed by atoms with Gasteiger partial charge in [-0.05, 0) is 40.4 Å². The molecule has 0 fully saturated rings. The van der Waals surface area contributed by atoms with Crippen LogP contribution in [0.4, 0.5) is 4.79 Å². The van der Waals surface area contributed by atoms with Gasteiger partial charge < -0.3 is 19.9 Å². The Hall–Kier alpha value is -2.42. The van der Waals surface area contributed by atoms with Crippen molar-refractivity contribution in [3.8, 4) is 11.3 Å². The van der Waals surface area contributed by atoms with Crippen LogP contribution < -0.4 is 5.32 Å². The molecule has 1 atom stereocenters. The Morgan fingerprint density at radius 3 is 2.61 bits per heavy atom. The number of imidazole rings is 1. The summed E-state index contributed by atoms with van der Waals surface area (Å²) in [5.74, 6) is 0.428. The Bertz CT molecular complexity index is 791. The number of hydrogen-bond donors (Lipinski definition) is 2. The minimum atomic E-state index is -0.663. The number of carbonyl (C=O) groups is 2. The lowest BCUT2D eigenvalue weighted by Crippen LogP contribution is -2.51. The van der Waals surface area contributed by atoms with E-state index in [0.717, 1.165) is 22.3 Å². The topological polar surface area (TPSA) is 100 Å². The van der Waals surface area contributed by atoms with Crippen LogP contribution in [0.3, 0.4) is 0 Å². The molecule has 0 aromatic carbocycles. The van der Waals surface area contributed by atoms with E-state index in [1.165, 1.54) is 7.11 Å². The van der Waals surface area contributed by atoms with Crippen molar-refractivity contribution in [1.29, 1.82) is 0 Å². The van der Waals surface area contributed by atoms with Gasteiger partial charge >= 0.3 is 6.09 Å². The summed E-state index contributed by atoms with van der Waals surface area (Å²) in [4.78, 5) is 38.2. The third kappa shape index (κ3) is 5.79. The van der Waals surface area contributed by atoms with E-state index in [9.17, 15) is 9.59 Å². The number of carbonyl (C=O) groups excluding carboxylic acids is 2. The molecule has 0 radical (unpaired) electrons. The van der Waals surface area contributed by atoms with Gasteiger partial charge in [-0.25, -0.2) is 14.8 Å². The quantitative estimate of drug-likeness (QED) is 0.599. The van der Waals surface area contributed by atoms with Gasteiger partial charge in [0.1, 0.15) is 16.5 Å². The van der Waals surface area contributed by atoms with E-state index in [0.29, 0.717) is 18.9 Å². The Labute approximate surface area is 173 Å². The van der Waals surface area contributed by atoms with Crippen LogP contribution in [-0.2, 0) is 16.1 Å². The van der Waals surface area contributed by atoms with Crippen molar-refractivity contribution in [3.63, 3.8) is 0 Å². The average molecular weight is 452 g/mol. The number of rotatable bonds is 8. The Morgan fingerprint density at radius 1 is 1.29 bits per heavy atom. The monoisotopic (exact) mass is 451 g/mol. The van der Waals surface area contributed by atoms with Gasteiger partial charge in [0.2, 0.25) is 5.91 Å². The molecule has 0 bridgehead atoms. The molecule has 0 aliphatic rings. The standard InChI is InChI=1S/C19H26BrN5O3/c1-5-8-25(18(26)17(12(2)3)24-19(27)28-4)11-16-22-10-14(23-16)13-6-7-15(20)21-9-13/h6-7,9-10,12,17H,5,8,11H2,1-4H3,(H,22,23)(H,24,27). The summed E-state index contributed by atoms with van der Waals surface area (Å²) < 4.78 is 5.41.